The molecule has 3 nitrogen and oxygen atoms in total. The number of carbonyl (C=O) groups is 1. The molecule has 1 saturated carbocycles. The minimum atomic E-state index is 0.0114. The van der Waals surface area contributed by atoms with Gasteiger partial charge in [0.2, 0.25) is 0 Å². The number of aromatic nitrogens is 1. The molecule has 1 aromatic heterocycles. The van der Waals surface area contributed by atoms with Gasteiger partial charge < -0.3 is 9.30 Å². The van der Waals surface area contributed by atoms with Crippen LogP contribution in [0.15, 0.2) is 6.07 Å². The zero-order valence-electron chi connectivity index (χ0n) is 11.2. The van der Waals surface area contributed by atoms with E-state index in [1.54, 1.807) is 7.11 Å². The van der Waals surface area contributed by atoms with Crippen molar-refractivity contribution in [2.75, 3.05) is 13.0 Å². The van der Waals surface area contributed by atoms with Gasteiger partial charge >= 0.3 is 0 Å². The van der Waals surface area contributed by atoms with Crippen LogP contribution < -0.4 is 0 Å². The number of ether oxygens (including phenoxy) is 1. The van der Waals surface area contributed by atoms with E-state index in [2.05, 4.69) is 11.5 Å². The molecule has 1 heterocycles. The van der Waals surface area contributed by atoms with Gasteiger partial charge in [-0.25, -0.2) is 0 Å². The SMILES string of the molecule is COC1CCC(n2c(C)cc(C(=O)CCl)c2C)C1. The van der Waals surface area contributed by atoms with Gasteiger partial charge in [0.1, 0.15) is 0 Å². The van der Waals surface area contributed by atoms with Crippen LogP contribution in [0.25, 0.3) is 0 Å². The Kier molecular flexibility index (Phi) is 4.13. The van der Waals surface area contributed by atoms with E-state index < -0.39 is 0 Å². The number of nitrogens with zero attached hydrogens (tertiary/aromatic N) is 1. The third-order valence-corrected chi connectivity index (χ3v) is 4.20. The topological polar surface area (TPSA) is 31.2 Å². The maximum Gasteiger partial charge on any atom is 0.179 e. The van der Waals surface area contributed by atoms with E-state index in [0.717, 1.165) is 36.2 Å². The van der Waals surface area contributed by atoms with Crippen molar-refractivity contribution in [1.82, 2.24) is 4.57 Å². The summed E-state index contributed by atoms with van der Waals surface area (Å²) in [5.74, 6) is 0.0626. The number of ketones is 1. The third kappa shape index (κ3) is 2.34. The quantitative estimate of drug-likeness (QED) is 0.621. The van der Waals surface area contributed by atoms with Gasteiger partial charge in [-0.2, -0.15) is 0 Å². The van der Waals surface area contributed by atoms with Crippen molar-refractivity contribution in [3.8, 4) is 0 Å². The lowest BCUT2D eigenvalue weighted by Crippen LogP contribution is -2.12. The summed E-state index contributed by atoms with van der Waals surface area (Å²) < 4.78 is 7.69. The van der Waals surface area contributed by atoms with E-state index in [4.69, 9.17) is 16.3 Å². The fourth-order valence-corrected chi connectivity index (χ4v) is 3.20. The van der Waals surface area contributed by atoms with Gasteiger partial charge in [-0.05, 0) is 39.2 Å². The molecular formula is C14H20ClNO2. The maximum absolute atomic E-state index is 11.8. The van der Waals surface area contributed by atoms with Crippen LogP contribution in [-0.2, 0) is 4.74 Å². The first-order valence-corrected chi connectivity index (χ1v) is 6.92. The second-order valence-corrected chi connectivity index (χ2v) is 5.30. The van der Waals surface area contributed by atoms with E-state index in [9.17, 15) is 4.79 Å². The lowest BCUT2D eigenvalue weighted by atomic mass is 10.2. The van der Waals surface area contributed by atoms with E-state index in [1.165, 1.54) is 0 Å². The van der Waals surface area contributed by atoms with Crippen molar-refractivity contribution < 1.29 is 9.53 Å². The second-order valence-electron chi connectivity index (χ2n) is 5.04. The zero-order chi connectivity index (χ0) is 13.3. The highest BCUT2D eigenvalue weighted by molar-refractivity contribution is 6.30. The molecule has 0 amide bonds. The van der Waals surface area contributed by atoms with Gasteiger partial charge in [-0.3, -0.25) is 4.79 Å². The standard InChI is InChI=1S/C14H20ClNO2/c1-9-6-13(14(17)8-15)10(2)16(9)11-4-5-12(7-11)18-3/h6,11-12H,4-5,7-8H2,1-3H3. The molecule has 1 aliphatic carbocycles. The van der Waals surface area contributed by atoms with Crippen LogP contribution in [0.2, 0.25) is 0 Å². The van der Waals surface area contributed by atoms with Crippen LogP contribution in [0.5, 0.6) is 0 Å². The first-order valence-electron chi connectivity index (χ1n) is 6.38. The average molecular weight is 270 g/mol. The molecular weight excluding hydrogens is 250 g/mol. The Morgan fingerprint density at radius 2 is 2.22 bits per heavy atom. The summed E-state index contributed by atoms with van der Waals surface area (Å²) in [4.78, 5) is 11.8. The van der Waals surface area contributed by atoms with Crippen molar-refractivity contribution >= 4 is 17.4 Å². The highest BCUT2D eigenvalue weighted by atomic mass is 35.5. The molecule has 2 atom stereocenters. The fourth-order valence-electron chi connectivity index (χ4n) is 3.06. The Morgan fingerprint density at radius 1 is 1.50 bits per heavy atom. The first kappa shape index (κ1) is 13.6. The number of Topliss-reactive ketones (excluding diaryl/α,β-unsaturated/α-hetero) is 1. The molecule has 2 unspecified atom stereocenters. The van der Waals surface area contributed by atoms with Gasteiger partial charge in [0.05, 0.1) is 12.0 Å². The molecule has 0 aliphatic heterocycles. The molecule has 1 aromatic rings. The van der Waals surface area contributed by atoms with E-state index in [1.807, 2.05) is 13.0 Å². The molecule has 18 heavy (non-hydrogen) atoms. The summed E-state index contributed by atoms with van der Waals surface area (Å²) in [6.07, 6.45) is 3.59. The van der Waals surface area contributed by atoms with Crippen molar-refractivity contribution in [2.24, 2.45) is 0 Å². The summed E-state index contributed by atoms with van der Waals surface area (Å²) in [5.41, 5.74) is 2.95. The molecule has 0 bridgehead atoms. The molecule has 1 fully saturated rings. The summed E-state index contributed by atoms with van der Waals surface area (Å²) >= 11 is 5.65. The van der Waals surface area contributed by atoms with Crippen molar-refractivity contribution in [3.05, 3.63) is 23.0 Å². The average Bonchev–Trinajstić information content (AvgIpc) is 2.93. The molecule has 0 radical (unpaired) electrons. The maximum atomic E-state index is 11.8. The van der Waals surface area contributed by atoms with Gasteiger partial charge in [0.25, 0.3) is 0 Å². The smallest absolute Gasteiger partial charge is 0.179 e. The van der Waals surface area contributed by atoms with Crippen molar-refractivity contribution in [3.63, 3.8) is 0 Å². The molecule has 4 heteroatoms. The van der Waals surface area contributed by atoms with E-state index >= 15 is 0 Å². The predicted molar refractivity (Wildman–Crippen MR) is 72.6 cm³/mol. The number of halogens is 1. The Bertz CT molecular complexity index is 453. The van der Waals surface area contributed by atoms with Crippen LogP contribution in [0.1, 0.15) is 47.1 Å². The minimum absolute atomic E-state index is 0.0114. The van der Waals surface area contributed by atoms with Crippen LogP contribution in [0.4, 0.5) is 0 Å². The fraction of sp³-hybridized carbons (Fsp3) is 0.643. The van der Waals surface area contributed by atoms with Crippen LogP contribution in [0, 0.1) is 13.8 Å². The highest BCUT2D eigenvalue weighted by Gasteiger charge is 2.28. The highest BCUT2D eigenvalue weighted by Crippen LogP contribution is 2.35. The van der Waals surface area contributed by atoms with Gasteiger partial charge in [-0.15, -0.1) is 11.6 Å². The van der Waals surface area contributed by atoms with Crippen LogP contribution in [-0.4, -0.2) is 29.4 Å². The zero-order valence-corrected chi connectivity index (χ0v) is 12.0. The predicted octanol–water partition coefficient (Wildman–Crippen LogP) is 3.27. The molecule has 0 N–H and O–H groups in total. The Labute approximate surface area is 113 Å². The Morgan fingerprint density at radius 3 is 2.78 bits per heavy atom. The molecule has 1 aliphatic rings. The molecule has 0 spiro atoms. The normalized spacial score (nSPS) is 23.6. The third-order valence-electron chi connectivity index (χ3n) is 3.96. The van der Waals surface area contributed by atoms with Crippen molar-refractivity contribution in [2.45, 2.75) is 45.3 Å². The molecule has 2 rings (SSSR count). The monoisotopic (exact) mass is 269 g/mol. The summed E-state index contributed by atoms with van der Waals surface area (Å²) in [6, 6.07) is 2.41. The van der Waals surface area contributed by atoms with E-state index in [-0.39, 0.29) is 11.7 Å². The molecule has 0 saturated heterocycles. The van der Waals surface area contributed by atoms with Gasteiger partial charge in [0.15, 0.2) is 5.78 Å². The van der Waals surface area contributed by atoms with Crippen LogP contribution in [0.3, 0.4) is 0 Å². The largest absolute Gasteiger partial charge is 0.381 e. The van der Waals surface area contributed by atoms with E-state index in [0.29, 0.717) is 12.1 Å². The lowest BCUT2D eigenvalue weighted by Gasteiger charge is -2.18. The Hall–Kier alpha value is -0.800. The number of carbonyl (C=O) groups excluding carboxylic acids is 1. The van der Waals surface area contributed by atoms with Crippen LogP contribution >= 0.6 is 11.6 Å². The van der Waals surface area contributed by atoms with Gasteiger partial charge in [-0.1, -0.05) is 0 Å². The molecule has 100 valence electrons. The summed E-state index contributed by atoms with van der Waals surface area (Å²) in [7, 11) is 1.77. The summed E-state index contributed by atoms with van der Waals surface area (Å²) in [6.45, 7) is 4.06. The Balaban J connectivity index is 2.29. The second kappa shape index (κ2) is 5.45. The summed E-state index contributed by atoms with van der Waals surface area (Å²) in [5, 5.41) is 0. The number of methoxy groups -OCH3 is 1. The number of alkyl halides is 1. The molecule has 0 aromatic carbocycles. The first-order chi connectivity index (χ1) is 8.58. The minimum Gasteiger partial charge on any atom is -0.381 e. The number of hydrogen-bond acceptors (Lipinski definition) is 2. The lowest BCUT2D eigenvalue weighted by molar-refractivity contribution is 0.102. The van der Waals surface area contributed by atoms with Gasteiger partial charge in [0, 0.05) is 30.1 Å². The number of rotatable bonds is 4. The number of hydrogen-bond donors (Lipinski definition) is 0. The number of aryl methyl sites for hydroxylation is 1. The van der Waals surface area contributed by atoms with Crippen molar-refractivity contribution in [1.29, 1.82) is 0 Å².